The predicted molar refractivity (Wildman–Crippen MR) is 54.4 cm³/mol. The summed E-state index contributed by atoms with van der Waals surface area (Å²) in [6.07, 6.45) is 0. The van der Waals surface area contributed by atoms with E-state index in [9.17, 15) is 0 Å². The Hall–Kier alpha value is -0.930. The summed E-state index contributed by atoms with van der Waals surface area (Å²) in [6, 6.07) is 6.13. The molecular formula is C10H17N3. The Balaban J connectivity index is 2.56. The van der Waals surface area contributed by atoms with Crippen LogP contribution in [-0.2, 0) is 13.1 Å². The van der Waals surface area contributed by atoms with Crippen molar-refractivity contribution >= 4 is 0 Å². The quantitative estimate of drug-likeness (QED) is 0.705. The molecule has 0 amide bonds. The van der Waals surface area contributed by atoms with Crippen molar-refractivity contribution < 1.29 is 0 Å². The van der Waals surface area contributed by atoms with Gasteiger partial charge in [-0.25, -0.2) is 0 Å². The summed E-state index contributed by atoms with van der Waals surface area (Å²) in [5.74, 6) is 0. The van der Waals surface area contributed by atoms with E-state index in [0.29, 0.717) is 0 Å². The summed E-state index contributed by atoms with van der Waals surface area (Å²) in [4.78, 5) is 4.47. The lowest BCUT2D eigenvalue weighted by atomic mass is 10.3. The Morgan fingerprint density at radius 1 is 1.23 bits per heavy atom. The minimum Gasteiger partial charge on any atom is -0.314 e. The van der Waals surface area contributed by atoms with Crippen LogP contribution in [0.25, 0.3) is 0 Å². The number of nitrogens with one attached hydrogen (secondary N) is 2. The average molecular weight is 179 g/mol. The van der Waals surface area contributed by atoms with Crippen LogP contribution in [0.15, 0.2) is 18.2 Å². The molecule has 0 aliphatic carbocycles. The highest BCUT2D eigenvalue weighted by Gasteiger charge is 1.95. The summed E-state index contributed by atoms with van der Waals surface area (Å²) in [6.45, 7) is 4.77. The molecule has 0 unspecified atom stereocenters. The Kier molecular flexibility index (Phi) is 4.43. The van der Waals surface area contributed by atoms with Crippen molar-refractivity contribution in [1.29, 1.82) is 0 Å². The lowest BCUT2D eigenvalue weighted by molar-refractivity contribution is 0.699. The maximum absolute atomic E-state index is 4.47. The molecule has 0 aliphatic heterocycles. The van der Waals surface area contributed by atoms with Crippen molar-refractivity contribution in [2.24, 2.45) is 0 Å². The molecule has 72 valence electrons. The minimum atomic E-state index is 0.833. The molecule has 1 aromatic rings. The number of rotatable bonds is 5. The Bertz CT molecular complexity index is 248. The fraction of sp³-hybridized carbons (Fsp3) is 0.500. The van der Waals surface area contributed by atoms with Crippen LogP contribution in [0.4, 0.5) is 0 Å². The van der Waals surface area contributed by atoms with Crippen LogP contribution in [0.1, 0.15) is 18.3 Å². The van der Waals surface area contributed by atoms with Gasteiger partial charge in [0.1, 0.15) is 0 Å². The maximum atomic E-state index is 4.47. The molecule has 0 aliphatic rings. The van der Waals surface area contributed by atoms with Gasteiger partial charge in [0.2, 0.25) is 0 Å². The van der Waals surface area contributed by atoms with E-state index in [1.807, 2.05) is 25.2 Å². The van der Waals surface area contributed by atoms with Crippen molar-refractivity contribution in [2.45, 2.75) is 20.0 Å². The van der Waals surface area contributed by atoms with Crippen LogP contribution < -0.4 is 10.6 Å². The molecule has 0 fully saturated rings. The number of hydrogen-bond acceptors (Lipinski definition) is 3. The monoisotopic (exact) mass is 179 g/mol. The fourth-order valence-corrected chi connectivity index (χ4v) is 1.16. The molecule has 1 aromatic heterocycles. The smallest absolute Gasteiger partial charge is 0.0545 e. The van der Waals surface area contributed by atoms with E-state index in [1.165, 1.54) is 0 Å². The topological polar surface area (TPSA) is 37.0 Å². The van der Waals surface area contributed by atoms with Gasteiger partial charge >= 0.3 is 0 Å². The lowest BCUT2D eigenvalue weighted by Gasteiger charge is -2.04. The second-order valence-corrected chi connectivity index (χ2v) is 2.93. The van der Waals surface area contributed by atoms with Crippen LogP contribution in [0.2, 0.25) is 0 Å². The molecule has 1 rings (SSSR count). The highest BCUT2D eigenvalue weighted by Crippen LogP contribution is 1.98. The van der Waals surface area contributed by atoms with Crippen LogP contribution in [-0.4, -0.2) is 18.6 Å². The Morgan fingerprint density at radius 2 is 1.92 bits per heavy atom. The van der Waals surface area contributed by atoms with Crippen LogP contribution in [0, 0.1) is 0 Å². The molecule has 0 atom stereocenters. The van der Waals surface area contributed by atoms with Gasteiger partial charge in [-0.05, 0) is 25.7 Å². The zero-order valence-corrected chi connectivity index (χ0v) is 8.30. The van der Waals surface area contributed by atoms with E-state index >= 15 is 0 Å². The third kappa shape index (κ3) is 3.53. The Labute approximate surface area is 79.6 Å². The second kappa shape index (κ2) is 5.67. The van der Waals surface area contributed by atoms with Crippen molar-refractivity contribution in [3.05, 3.63) is 29.6 Å². The first-order valence-corrected chi connectivity index (χ1v) is 4.67. The SMILES string of the molecule is CCNCc1cccc(CNC)n1. The summed E-state index contributed by atoms with van der Waals surface area (Å²) < 4.78 is 0. The van der Waals surface area contributed by atoms with Crippen LogP contribution in [0.5, 0.6) is 0 Å². The second-order valence-electron chi connectivity index (χ2n) is 2.93. The van der Waals surface area contributed by atoms with Gasteiger partial charge in [0, 0.05) is 13.1 Å². The highest BCUT2D eigenvalue weighted by molar-refractivity contribution is 5.10. The first-order valence-electron chi connectivity index (χ1n) is 4.67. The minimum absolute atomic E-state index is 0.833. The van der Waals surface area contributed by atoms with Gasteiger partial charge in [-0.2, -0.15) is 0 Å². The molecule has 13 heavy (non-hydrogen) atoms. The molecule has 1 heterocycles. The van der Waals surface area contributed by atoms with Gasteiger partial charge in [0.25, 0.3) is 0 Å². The number of pyridine rings is 1. The summed E-state index contributed by atoms with van der Waals surface area (Å²) in [5, 5.41) is 6.34. The third-order valence-electron chi connectivity index (χ3n) is 1.78. The zero-order valence-electron chi connectivity index (χ0n) is 8.30. The number of hydrogen-bond donors (Lipinski definition) is 2. The number of nitrogens with zero attached hydrogens (tertiary/aromatic N) is 1. The van der Waals surface area contributed by atoms with E-state index in [1.54, 1.807) is 0 Å². The molecule has 3 nitrogen and oxygen atoms in total. The number of aromatic nitrogens is 1. The van der Waals surface area contributed by atoms with Crippen LogP contribution >= 0.6 is 0 Å². The molecule has 3 heteroatoms. The van der Waals surface area contributed by atoms with Gasteiger partial charge in [-0.3, -0.25) is 4.98 Å². The van der Waals surface area contributed by atoms with Gasteiger partial charge in [0.15, 0.2) is 0 Å². The first kappa shape index (κ1) is 10.2. The molecule has 0 bridgehead atoms. The van der Waals surface area contributed by atoms with E-state index in [-0.39, 0.29) is 0 Å². The van der Waals surface area contributed by atoms with Crippen molar-refractivity contribution in [3.63, 3.8) is 0 Å². The normalized spacial score (nSPS) is 10.3. The molecule has 0 saturated heterocycles. The van der Waals surface area contributed by atoms with Crippen LogP contribution in [0.3, 0.4) is 0 Å². The van der Waals surface area contributed by atoms with Crippen molar-refractivity contribution in [1.82, 2.24) is 15.6 Å². The van der Waals surface area contributed by atoms with E-state index < -0.39 is 0 Å². The first-order chi connectivity index (χ1) is 6.36. The molecular weight excluding hydrogens is 162 g/mol. The molecule has 0 spiro atoms. The fourth-order valence-electron chi connectivity index (χ4n) is 1.16. The van der Waals surface area contributed by atoms with Crippen molar-refractivity contribution in [2.75, 3.05) is 13.6 Å². The summed E-state index contributed by atoms with van der Waals surface area (Å²) in [5.41, 5.74) is 2.20. The van der Waals surface area contributed by atoms with E-state index in [0.717, 1.165) is 31.0 Å². The summed E-state index contributed by atoms with van der Waals surface area (Å²) >= 11 is 0. The van der Waals surface area contributed by atoms with E-state index in [4.69, 9.17) is 0 Å². The van der Waals surface area contributed by atoms with Gasteiger partial charge in [0.05, 0.1) is 11.4 Å². The van der Waals surface area contributed by atoms with Crippen molar-refractivity contribution in [3.8, 4) is 0 Å². The lowest BCUT2D eigenvalue weighted by Crippen LogP contribution is -2.14. The molecule has 0 aromatic carbocycles. The molecule has 2 N–H and O–H groups in total. The van der Waals surface area contributed by atoms with Gasteiger partial charge < -0.3 is 10.6 Å². The Morgan fingerprint density at radius 3 is 2.54 bits per heavy atom. The average Bonchev–Trinajstić information content (AvgIpc) is 2.16. The maximum Gasteiger partial charge on any atom is 0.0545 e. The zero-order chi connectivity index (χ0) is 9.52. The predicted octanol–water partition coefficient (Wildman–Crippen LogP) is 0.910. The molecule has 0 saturated carbocycles. The standard InChI is InChI=1S/C10H17N3/c1-3-12-8-10-6-4-5-9(13-10)7-11-2/h4-6,11-12H,3,7-8H2,1-2H3. The van der Waals surface area contributed by atoms with E-state index in [2.05, 4.69) is 22.5 Å². The largest absolute Gasteiger partial charge is 0.314 e. The van der Waals surface area contributed by atoms with Gasteiger partial charge in [-0.15, -0.1) is 0 Å². The molecule has 0 radical (unpaired) electrons. The van der Waals surface area contributed by atoms with Gasteiger partial charge in [-0.1, -0.05) is 13.0 Å². The summed E-state index contributed by atoms with van der Waals surface area (Å²) in [7, 11) is 1.93. The third-order valence-corrected chi connectivity index (χ3v) is 1.78. The highest BCUT2D eigenvalue weighted by atomic mass is 14.9.